The van der Waals surface area contributed by atoms with Crippen molar-refractivity contribution < 1.29 is 19.1 Å². The molecule has 6 heteroatoms. The fourth-order valence-corrected chi connectivity index (χ4v) is 2.09. The summed E-state index contributed by atoms with van der Waals surface area (Å²) < 4.78 is 11.0. The number of ether oxygens (including phenoxy) is 1. The van der Waals surface area contributed by atoms with Gasteiger partial charge in [0, 0.05) is 5.02 Å². The number of carboxylic acids is 1. The third-order valence-electron chi connectivity index (χ3n) is 2.86. The van der Waals surface area contributed by atoms with E-state index >= 15 is 0 Å². The van der Waals surface area contributed by atoms with Gasteiger partial charge in [-0.25, -0.2) is 9.78 Å². The monoisotopic (exact) mass is 303 g/mol. The third kappa shape index (κ3) is 2.83. The molecule has 3 rings (SSSR count). The Kier molecular flexibility index (Phi) is 3.50. The van der Waals surface area contributed by atoms with Crippen LogP contribution in [0.3, 0.4) is 0 Å². The van der Waals surface area contributed by atoms with Crippen LogP contribution in [-0.2, 0) is 6.61 Å². The van der Waals surface area contributed by atoms with Gasteiger partial charge in [-0.1, -0.05) is 23.7 Å². The summed E-state index contributed by atoms with van der Waals surface area (Å²) in [4.78, 5) is 15.4. The van der Waals surface area contributed by atoms with E-state index in [9.17, 15) is 4.79 Å². The highest BCUT2D eigenvalue weighted by molar-refractivity contribution is 6.31. The lowest BCUT2D eigenvalue weighted by Gasteiger charge is -2.07. The number of fused-ring (bicyclic) bond motifs is 1. The van der Waals surface area contributed by atoms with Crippen LogP contribution in [0.1, 0.15) is 16.2 Å². The minimum absolute atomic E-state index is 0.00129. The normalized spacial score (nSPS) is 10.7. The molecule has 1 aromatic heterocycles. The Morgan fingerprint density at radius 2 is 2.10 bits per heavy atom. The molecule has 0 radical (unpaired) electrons. The zero-order valence-corrected chi connectivity index (χ0v) is 11.5. The summed E-state index contributed by atoms with van der Waals surface area (Å²) in [5.74, 6) is -0.512. The largest absolute Gasteiger partial charge is 0.483 e. The zero-order valence-electron chi connectivity index (χ0n) is 10.7. The van der Waals surface area contributed by atoms with Crippen molar-refractivity contribution in [3.63, 3.8) is 0 Å². The van der Waals surface area contributed by atoms with Crippen molar-refractivity contribution in [3.8, 4) is 5.75 Å². The number of benzene rings is 2. The summed E-state index contributed by atoms with van der Waals surface area (Å²) in [6.07, 6.45) is 0. The van der Waals surface area contributed by atoms with Crippen LogP contribution in [0.25, 0.3) is 11.1 Å². The van der Waals surface area contributed by atoms with E-state index in [1.807, 2.05) is 18.2 Å². The molecule has 21 heavy (non-hydrogen) atoms. The maximum atomic E-state index is 11.1. The minimum Gasteiger partial charge on any atom is -0.483 e. The average Bonchev–Trinajstić information content (AvgIpc) is 2.88. The molecule has 0 atom stereocenters. The van der Waals surface area contributed by atoms with Gasteiger partial charge in [-0.15, -0.1) is 0 Å². The second-order valence-electron chi connectivity index (χ2n) is 4.31. The van der Waals surface area contributed by atoms with Gasteiger partial charge >= 0.3 is 5.97 Å². The number of aromatic nitrogens is 1. The van der Waals surface area contributed by atoms with E-state index < -0.39 is 5.97 Å². The number of para-hydroxylation sites is 2. The molecule has 0 unspecified atom stereocenters. The van der Waals surface area contributed by atoms with Crippen LogP contribution in [0.5, 0.6) is 5.75 Å². The second-order valence-corrected chi connectivity index (χ2v) is 4.75. The average molecular weight is 304 g/mol. The fraction of sp³-hybridized carbons (Fsp3) is 0.0667. The van der Waals surface area contributed by atoms with E-state index in [0.717, 1.165) is 5.52 Å². The van der Waals surface area contributed by atoms with E-state index in [1.54, 1.807) is 12.1 Å². The van der Waals surface area contributed by atoms with Gasteiger partial charge in [-0.2, -0.15) is 0 Å². The van der Waals surface area contributed by atoms with Gasteiger partial charge in [-0.3, -0.25) is 0 Å². The highest BCUT2D eigenvalue weighted by Gasteiger charge is 2.13. The van der Waals surface area contributed by atoms with Gasteiger partial charge in [0.05, 0.1) is 0 Å². The maximum absolute atomic E-state index is 11.1. The first-order valence-electron chi connectivity index (χ1n) is 6.13. The Labute approximate surface area is 124 Å². The predicted octanol–water partition coefficient (Wildman–Crippen LogP) is 3.76. The summed E-state index contributed by atoms with van der Waals surface area (Å²) in [5, 5.41) is 9.46. The predicted molar refractivity (Wildman–Crippen MR) is 76.8 cm³/mol. The van der Waals surface area contributed by atoms with Gasteiger partial charge in [0.1, 0.15) is 16.8 Å². The SMILES string of the molecule is O=C(O)c1cc(Cl)ccc1OCc1nc2ccccc2o1. The highest BCUT2D eigenvalue weighted by Crippen LogP contribution is 2.24. The Morgan fingerprint density at radius 3 is 2.86 bits per heavy atom. The topological polar surface area (TPSA) is 72.6 Å². The minimum atomic E-state index is -1.11. The van der Waals surface area contributed by atoms with Crippen LogP contribution in [0.15, 0.2) is 46.9 Å². The summed E-state index contributed by atoms with van der Waals surface area (Å²) in [6.45, 7) is 0.0383. The molecule has 0 aliphatic rings. The maximum Gasteiger partial charge on any atom is 0.339 e. The quantitative estimate of drug-likeness (QED) is 0.794. The molecule has 0 spiro atoms. The van der Waals surface area contributed by atoms with Crippen molar-refractivity contribution in [3.05, 3.63) is 58.9 Å². The highest BCUT2D eigenvalue weighted by atomic mass is 35.5. The molecule has 0 amide bonds. The number of hydrogen-bond donors (Lipinski definition) is 1. The number of carboxylic acid groups (broad SMARTS) is 1. The lowest BCUT2D eigenvalue weighted by Crippen LogP contribution is -2.03. The molecule has 0 aliphatic heterocycles. The van der Waals surface area contributed by atoms with E-state index in [4.69, 9.17) is 25.9 Å². The first-order valence-corrected chi connectivity index (χ1v) is 6.51. The van der Waals surface area contributed by atoms with Crippen LogP contribution < -0.4 is 4.74 Å². The summed E-state index contributed by atoms with van der Waals surface area (Å²) in [5.41, 5.74) is 1.38. The van der Waals surface area contributed by atoms with E-state index in [-0.39, 0.29) is 17.9 Å². The molecule has 5 nitrogen and oxygen atoms in total. The summed E-state index contributed by atoms with van der Waals surface area (Å²) >= 11 is 5.78. The molecule has 0 saturated carbocycles. The molecule has 0 bridgehead atoms. The van der Waals surface area contributed by atoms with Crippen molar-refractivity contribution in [2.24, 2.45) is 0 Å². The first-order chi connectivity index (χ1) is 10.1. The first kappa shape index (κ1) is 13.5. The number of oxazole rings is 1. The van der Waals surface area contributed by atoms with Crippen molar-refractivity contribution in [1.29, 1.82) is 0 Å². The zero-order chi connectivity index (χ0) is 14.8. The van der Waals surface area contributed by atoms with Crippen LogP contribution in [0.4, 0.5) is 0 Å². The van der Waals surface area contributed by atoms with Crippen LogP contribution in [-0.4, -0.2) is 16.1 Å². The third-order valence-corrected chi connectivity index (χ3v) is 3.10. The number of nitrogens with zero attached hydrogens (tertiary/aromatic N) is 1. The molecule has 0 aliphatic carbocycles. The van der Waals surface area contributed by atoms with Gasteiger partial charge in [0.15, 0.2) is 12.2 Å². The molecular formula is C15H10ClNO4. The number of carbonyl (C=O) groups is 1. The fourth-order valence-electron chi connectivity index (χ4n) is 1.92. The van der Waals surface area contributed by atoms with Crippen molar-refractivity contribution >= 4 is 28.7 Å². The standard InChI is InChI=1S/C15H10ClNO4/c16-9-5-6-12(10(7-9)15(18)19)20-8-14-17-11-3-1-2-4-13(11)21-14/h1-7H,8H2,(H,18,19). The van der Waals surface area contributed by atoms with E-state index in [0.29, 0.717) is 16.5 Å². The van der Waals surface area contributed by atoms with E-state index in [1.165, 1.54) is 12.1 Å². The second kappa shape index (κ2) is 5.46. The Bertz CT molecular complexity index is 779. The molecule has 1 heterocycles. The smallest absolute Gasteiger partial charge is 0.339 e. The Balaban J connectivity index is 1.83. The Morgan fingerprint density at radius 1 is 1.29 bits per heavy atom. The Hall–Kier alpha value is -2.53. The molecule has 1 N–H and O–H groups in total. The van der Waals surface area contributed by atoms with Crippen LogP contribution in [0.2, 0.25) is 5.02 Å². The van der Waals surface area contributed by atoms with Crippen LogP contribution in [0, 0.1) is 0 Å². The van der Waals surface area contributed by atoms with Crippen molar-refractivity contribution in [1.82, 2.24) is 4.98 Å². The molecule has 0 fully saturated rings. The molecule has 3 aromatic rings. The van der Waals surface area contributed by atoms with Gasteiger partial charge in [0.25, 0.3) is 0 Å². The number of aromatic carboxylic acids is 1. The number of rotatable bonds is 4. The van der Waals surface area contributed by atoms with Gasteiger partial charge < -0.3 is 14.3 Å². The molecule has 106 valence electrons. The van der Waals surface area contributed by atoms with Gasteiger partial charge in [0.2, 0.25) is 5.89 Å². The number of halogens is 1. The van der Waals surface area contributed by atoms with Crippen LogP contribution >= 0.6 is 11.6 Å². The molecular weight excluding hydrogens is 294 g/mol. The lowest BCUT2D eigenvalue weighted by molar-refractivity contribution is 0.0691. The molecule has 0 saturated heterocycles. The summed E-state index contributed by atoms with van der Waals surface area (Å²) in [6, 6.07) is 11.7. The number of hydrogen-bond acceptors (Lipinski definition) is 4. The van der Waals surface area contributed by atoms with Gasteiger partial charge in [-0.05, 0) is 30.3 Å². The molecule has 2 aromatic carbocycles. The lowest BCUT2D eigenvalue weighted by atomic mass is 10.2. The van der Waals surface area contributed by atoms with Crippen molar-refractivity contribution in [2.45, 2.75) is 6.61 Å². The summed E-state index contributed by atoms with van der Waals surface area (Å²) in [7, 11) is 0. The van der Waals surface area contributed by atoms with Crippen molar-refractivity contribution in [2.75, 3.05) is 0 Å². The van der Waals surface area contributed by atoms with E-state index in [2.05, 4.69) is 4.98 Å².